The van der Waals surface area contributed by atoms with Gasteiger partial charge in [0.05, 0.1) is 11.3 Å². The van der Waals surface area contributed by atoms with Crippen LogP contribution in [0.4, 0.5) is 0 Å². The molecule has 0 unspecified atom stereocenters. The second-order valence-corrected chi connectivity index (χ2v) is 8.55. The molecule has 1 aromatic rings. The predicted octanol–water partition coefficient (Wildman–Crippen LogP) is 4.24. The van der Waals surface area contributed by atoms with E-state index in [1.165, 1.54) is 43.9 Å². The predicted molar refractivity (Wildman–Crippen MR) is 107 cm³/mol. The second-order valence-electron chi connectivity index (χ2n) is 7.54. The molecule has 0 radical (unpaired) electrons. The van der Waals surface area contributed by atoms with Crippen molar-refractivity contribution >= 4 is 23.6 Å². The zero-order chi connectivity index (χ0) is 18.4. The molecule has 142 valence electrons. The third-order valence-electron chi connectivity index (χ3n) is 5.69. The van der Waals surface area contributed by atoms with Crippen molar-refractivity contribution < 1.29 is 9.59 Å². The Balaban J connectivity index is 1.57. The highest BCUT2D eigenvalue weighted by atomic mass is 32.2. The summed E-state index contributed by atoms with van der Waals surface area (Å²) in [6.45, 7) is 0. The summed E-state index contributed by atoms with van der Waals surface area (Å²) in [6, 6.07) is 8.33. The lowest BCUT2D eigenvalue weighted by Gasteiger charge is -2.31. The summed E-state index contributed by atoms with van der Waals surface area (Å²) < 4.78 is 0. The van der Waals surface area contributed by atoms with Crippen LogP contribution in [0, 0.1) is 0 Å². The smallest absolute Gasteiger partial charge is 0.252 e. The van der Waals surface area contributed by atoms with Gasteiger partial charge in [0, 0.05) is 24.0 Å². The Morgan fingerprint density at radius 3 is 2.42 bits per heavy atom. The molecule has 5 heteroatoms. The molecule has 4 nitrogen and oxygen atoms in total. The van der Waals surface area contributed by atoms with Gasteiger partial charge in [0.25, 0.3) is 5.91 Å². The van der Waals surface area contributed by atoms with E-state index in [1.807, 2.05) is 36.2 Å². The van der Waals surface area contributed by atoms with Gasteiger partial charge in [-0.15, -0.1) is 11.8 Å². The summed E-state index contributed by atoms with van der Waals surface area (Å²) in [4.78, 5) is 28.0. The summed E-state index contributed by atoms with van der Waals surface area (Å²) >= 11 is 1.48. The zero-order valence-corrected chi connectivity index (χ0v) is 16.5. The molecule has 2 amide bonds. The van der Waals surface area contributed by atoms with Gasteiger partial charge in [-0.25, -0.2) is 0 Å². The van der Waals surface area contributed by atoms with Crippen molar-refractivity contribution in [3.05, 3.63) is 29.8 Å². The van der Waals surface area contributed by atoms with Crippen LogP contribution in [0.2, 0.25) is 0 Å². The Kier molecular flexibility index (Phi) is 7.00. The first-order valence-corrected chi connectivity index (χ1v) is 10.9. The number of nitrogens with zero attached hydrogens (tertiary/aromatic N) is 1. The van der Waals surface area contributed by atoms with E-state index in [4.69, 9.17) is 0 Å². The number of carbonyl (C=O) groups is 2. The van der Waals surface area contributed by atoms with Crippen LogP contribution < -0.4 is 5.32 Å². The van der Waals surface area contributed by atoms with Gasteiger partial charge in [0.15, 0.2) is 0 Å². The quantitative estimate of drug-likeness (QED) is 0.758. The average molecular weight is 375 g/mol. The average Bonchev–Trinajstić information content (AvgIpc) is 3.19. The molecule has 0 atom stereocenters. The van der Waals surface area contributed by atoms with Crippen LogP contribution in [0.1, 0.15) is 68.1 Å². The molecule has 26 heavy (non-hydrogen) atoms. The molecule has 1 N–H and O–H groups in total. The fourth-order valence-electron chi connectivity index (χ4n) is 4.03. The topological polar surface area (TPSA) is 49.4 Å². The summed E-state index contributed by atoms with van der Waals surface area (Å²) in [6.07, 6.45) is 10.5. The van der Waals surface area contributed by atoms with Crippen LogP contribution in [-0.2, 0) is 4.79 Å². The molecule has 0 aromatic heterocycles. The van der Waals surface area contributed by atoms with Crippen LogP contribution in [-0.4, -0.2) is 41.6 Å². The van der Waals surface area contributed by atoms with Crippen LogP contribution >= 0.6 is 11.8 Å². The molecule has 2 aliphatic carbocycles. The second kappa shape index (κ2) is 9.45. The van der Waals surface area contributed by atoms with Gasteiger partial charge in [-0.3, -0.25) is 9.59 Å². The minimum atomic E-state index is -0.00640. The number of amides is 2. The first kappa shape index (κ1) is 19.3. The van der Waals surface area contributed by atoms with E-state index in [1.54, 1.807) is 0 Å². The molecule has 3 rings (SSSR count). The van der Waals surface area contributed by atoms with Crippen molar-refractivity contribution in [1.82, 2.24) is 10.2 Å². The molecule has 2 aliphatic rings. The molecule has 0 aliphatic heterocycles. The van der Waals surface area contributed by atoms with Crippen molar-refractivity contribution in [2.24, 2.45) is 0 Å². The van der Waals surface area contributed by atoms with Crippen LogP contribution in [0.15, 0.2) is 29.2 Å². The molecule has 2 saturated carbocycles. The number of benzene rings is 1. The first-order valence-electron chi connectivity index (χ1n) is 9.93. The van der Waals surface area contributed by atoms with Gasteiger partial charge in [-0.2, -0.15) is 0 Å². The van der Waals surface area contributed by atoms with Crippen molar-refractivity contribution in [2.45, 2.75) is 74.8 Å². The van der Waals surface area contributed by atoms with E-state index in [2.05, 4.69) is 5.32 Å². The van der Waals surface area contributed by atoms with Crippen molar-refractivity contribution in [3.8, 4) is 0 Å². The SMILES string of the molecule is CN(C(=O)CSc1ccccc1C(=O)NC1CCCC1)C1CCCCC1. The Morgan fingerprint density at radius 1 is 1.04 bits per heavy atom. The number of hydrogen-bond donors (Lipinski definition) is 1. The zero-order valence-electron chi connectivity index (χ0n) is 15.7. The molecule has 0 spiro atoms. The molecule has 0 saturated heterocycles. The molecule has 2 fully saturated rings. The fourth-order valence-corrected chi connectivity index (χ4v) is 5.00. The number of carbonyl (C=O) groups excluding carboxylic acids is 2. The van der Waals surface area contributed by atoms with Crippen LogP contribution in [0.25, 0.3) is 0 Å². The molecule has 0 heterocycles. The highest BCUT2D eigenvalue weighted by Crippen LogP contribution is 2.26. The van der Waals surface area contributed by atoms with Gasteiger partial charge in [0.2, 0.25) is 5.91 Å². The fraction of sp³-hybridized carbons (Fsp3) is 0.619. The molecule has 0 bridgehead atoms. The van der Waals surface area contributed by atoms with E-state index < -0.39 is 0 Å². The third-order valence-corrected chi connectivity index (χ3v) is 6.75. The molecular weight excluding hydrogens is 344 g/mol. The lowest BCUT2D eigenvalue weighted by atomic mass is 9.94. The van der Waals surface area contributed by atoms with Crippen molar-refractivity contribution in [1.29, 1.82) is 0 Å². The normalized spacial score (nSPS) is 18.7. The van der Waals surface area contributed by atoms with Gasteiger partial charge in [0.1, 0.15) is 0 Å². The number of rotatable bonds is 6. The Morgan fingerprint density at radius 2 is 1.69 bits per heavy atom. The maximum Gasteiger partial charge on any atom is 0.252 e. The highest BCUT2D eigenvalue weighted by molar-refractivity contribution is 8.00. The van der Waals surface area contributed by atoms with Crippen LogP contribution in [0.5, 0.6) is 0 Å². The Hall–Kier alpha value is -1.49. The van der Waals surface area contributed by atoms with E-state index >= 15 is 0 Å². The standard InChI is InChI=1S/C21H30N2O2S/c1-23(17-11-3-2-4-12-17)20(24)15-26-19-14-8-7-13-18(19)21(25)22-16-9-5-6-10-16/h7-8,13-14,16-17H,2-6,9-12,15H2,1H3,(H,22,25). The van der Waals surface area contributed by atoms with Gasteiger partial charge in [-0.05, 0) is 37.8 Å². The monoisotopic (exact) mass is 374 g/mol. The maximum absolute atomic E-state index is 12.6. The third kappa shape index (κ3) is 5.03. The minimum Gasteiger partial charge on any atom is -0.349 e. The van der Waals surface area contributed by atoms with E-state index in [-0.39, 0.29) is 11.8 Å². The summed E-state index contributed by atoms with van der Waals surface area (Å²) in [5, 5.41) is 3.15. The maximum atomic E-state index is 12.6. The van der Waals surface area contributed by atoms with E-state index in [9.17, 15) is 9.59 Å². The van der Waals surface area contributed by atoms with Crippen molar-refractivity contribution in [3.63, 3.8) is 0 Å². The van der Waals surface area contributed by atoms with E-state index in [0.717, 1.165) is 30.6 Å². The van der Waals surface area contributed by atoms with Gasteiger partial charge >= 0.3 is 0 Å². The first-order chi connectivity index (χ1) is 12.6. The van der Waals surface area contributed by atoms with E-state index in [0.29, 0.717) is 23.4 Å². The van der Waals surface area contributed by atoms with Crippen LogP contribution in [0.3, 0.4) is 0 Å². The summed E-state index contributed by atoms with van der Waals surface area (Å²) in [5.41, 5.74) is 0.692. The Bertz CT molecular complexity index is 622. The number of nitrogens with one attached hydrogen (secondary N) is 1. The van der Waals surface area contributed by atoms with Gasteiger partial charge < -0.3 is 10.2 Å². The van der Waals surface area contributed by atoms with Crippen molar-refractivity contribution in [2.75, 3.05) is 12.8 Å². The lowest BCUT2D eigenvalue weighted by molar-refractivity contribution is -0.129. The lowest BCUT2D eigenvalue weighted by Crippen LogP contribution is -2.39. The molecular formula is C21H30N2O2S. The summed E-state index contributed by atoms with van der Waals surface area (Å²) in [5.74, 6) is 0.543. The largest absolute Gasteiger partial charge is 0.349 e. The van der Waals surface area contributed by atoms with Gasteiger partial charge in [-0.1, -0.05) is 44.2 Å². The minimum absolute atomic E-state index is 0.00640. The summed E-state index contributed by atoms with van der Waals surface area (Å²) in [7, 11) is 1.93. The Labute approximate surface area is 161 Å². The number of thioether (sulfide) groups is 1. The number of hydrogen-bond acceptors (Lipinski definition) is 3. The highest BCUT2D eigenvalue weighted by Gasteiger charge is 2.23. The molecule has 1 aromatic carbocycles.